The Labute approximate surface area is 120 Å². The zero-order chi connectivity index (χ0) is 14.8. The van der Waals surface area contributed by atoms with Crippen molar-refractivity contribution in [1.82, 2.24) is 15.2 Å². The molecule has 0 unspecified atom stereocenters. The third-order valence-corrected chi connectivity index (χ3v) is 2.63. The number of aliphatic hydroxyl groups excluding tert-OH is 1. The summed E-state index contributed by atoms with van der Waals surface area (Å²) in [5.74, 6) is 5.12. The summed E-state index contributed by atoms with van der Waals surface area (Å²) in [6, 6.07) is 1.67. The minimum Gasteiger partial charge on any atom is -0.384 e. The molecule has 0 radical (unpaired) electrons. The number of aliphatic hydroxyl groups is 1. The fourth-order valence-corrected chi connectivity index (χ4v) is 1.63. The maximum absolute atomic E-state index is 11.9. The molecule has 5 nitrogen and oxygen atoms in total. The van der Waals surface area contributed by atoms with Crippen LogP contribution in [-0.4, -0.2) is 54.7 Å². The number of hydrogen-bond donors (Lipinski definition) is 2. The smallest absolute Gasteiger partial charge is 0.252 e. The molecule has 0 aromatic carbocycles. The summed E-state index contributed by atoms with van der Waals surface area (Å²) in [6.07, 6.45) is 5.07. The van der Waals surface area contributed by atoms with Crippen LogP contribution in [0, 0.1) is 11.8 Å². The molecule has 0 bridgehead atoms. The summed E-state index contributed by atoms with van der Waals surface area (Å²) in [7, 11) is 4.06. The zero-order valence-electron chi connectivity index (χ0n) is 12.0. The predicted molar refractivity (Wildman–Crippen MR) is 78.3 cm³/mol. The fourth-order valence-electron chi connectivity index (χ4n) is 1.63. The molecule has 1 rings (SSSR count). The van der Waals surface area contributed by atoms with E-state index in [1.165, 1.54) is 6.20 Å². The standard InChI is InChI=1S/C15H21N3O2/c1-18(2)8-4-3-7-17-15(20)14-10-13(6-5-9-19)11-16-12-14/h10-12,19H,3-4,7-9H2,1-2H3,(H,17,20). The van der Waals surface area contributed by atoms with Gasteiger partial charge in [-0.05, 0) is 39.5 Å². The van der Waals surface area contributed by atoms with Gasteiger partial charge in [0.1, 0.15) is 6.61 Å². The second-order valence-corrected chi connectivity index (χ2v) is 4.69. The number of amides is 1. The molecule has 0 saturated heterocycles. The van der Waals surface area contributed by atoms with E-state index in [0.717, 1.165) is 19.4 Å². The monoisotopic (exact) mass is 275 g/mol. The van der Waals surface area contributed by atoms with Crippen molar-refractivity contribution in [2.24, 2.45) is 0 Å². The largest absolute Gasteiger partial charge is 0.384 e. The van der Waals surface area contributed by atoms with E-state index in [4.69, 9.17) is 5.11 Å². The van der Waals surface area contributed by atoms with Crippen LogP contribution in [0.3, 0.4) is 0 Å². The molecule has 108 valence electrons. The van der Waals surface area contributed by atoms with Crippen LogP contribution < -0.4 is 5.32 Å². The lowest BCUT2D eigenvalue weighted by molar-refractivity contribution is 0.0952. The Morgan fingerprint density at radius 1 is 1.40 bits per heavy atom. The van der Waals surface area contributed by atoms with Gasteiger partial charge in [-0.3, -0.25) is 9.78 Å². The van der Waals surface area contributed by atoms with E-state index in [0.29, 0.717) is 17.7 Å². The van der Waals surface area contributed by atoms with Gasteiger partial charge in [-0.25, -0.2) is 0 Å². The number of hydrogen-bond acceptors (Lipinski definition) is 4. The number of aromatic nitrogens is 1. The molecule has 0 saturated carbocycles. The molecule has 5 heteroatoms. The molecule has 0 aliphatic rings. The quantitative estimate of drug-likeness (QED) is 0.586. The van der Waals surface area contributed by atoms with E-state index in [1.807, 2.05) is 14.1 Å². The Morgan fingerprint density at radius 3 is 2.90 bits per heavy atom. The van der Waals surface area contributed by atoms with Gasteiger partial charge >= 0.3 is 0 Å². The average Bonchev–Trinajstić information content (AvgIpc) is 2.44. The first kappa shape index (κ1) is 16.2. The Morgan fingerprint density at radius 2 is 2.20 bits per heavy atom. The van der Waals surface area contributed by atoms with Gasteiger partial charge in [-0.2, -0.15) is 0 Å². The molecule has 0 spiro atoms. The summed E-state index contributed by atoms with van der Waals surface area (Å²) in [6.45, 7) is 1.46. The van der Waals surface area contributed by atoms with Crippen LogP contribution in [0.1, 0.15) is 28.8 Å². The number of nitrogens with one attached hydrogen (secondary N) is 1. The first-order valence-corrected chi connectivity index (χ1v) is 6.61. The Hall–Kier alpha value is -1.90. The lowest BCUT2D eigenvalue weighted by Gasteiger charge is -2.09. The summed E-state index contributed by atoms with van der Waals surface area (Å²) in [5.41, 5.74) is 1.11. The number of unbranched alkanes of at least 4 members (excludes halogenated alkanes) is 1. The molecule has 1 aromatic rings. The van der Waals surface area contributed by atoms with E-state index >= 15 is 0 Å². The summed E-state index contributed by atoms with van der Waals surface area (Å²) < 4.78 is 0. The molecule has 1 heterocycles. The Bertz CT molecular complexity index is 489. The second-order valence-electron chi connectivity index (χ2n) is 4.69. The molecule has 20 heavy (non-hydrogen) atoms. The van der Waals surface area contributed by atoms with Crippen molar-refractivity contribution in [3.63, 3.8) is 0 Å². The highest BCUT2D eigenvalue weighted by Gasteiger charge is 2.05. The maximum atomic E-state index is 11.9. The summed E-state index contributed by atoms with van der Waals surface area (Å²) in [5, 5.41) is 11.5. The molecule has 0 fully saturated rings. The van der Waals surface area contributed by atoms with Crippen molar-refractivity contribution in [3.8, 4) is 11.8 Å². The third-order valence-electron chi connectivity index (χ3n) is 2.63. The highest BCUT2D eigenvalue weighted by Crippen LogP contribution is 2.01. The van der Waals surface area contributed by atoms with Crippen molar-refractivity contribution >= 4 is 5.91 Å². The molecular weight excluding hydrogens is 254 g/mol. The fraction of sp³-hybridized carbons (Fsp3) is 0.467. The predicted octanol–water partition coefficient (Wildman–Crippen LogP) is 0.497. The molecule has 1 aromatic heterocycles. The van der Waals surface area contributed by atoms with Crippen LogP contribution in [0.4, 0.5) is 0 Å². The second kappa shape index (κ2) is 9.08. The minimum atomic E-state index is -0.206. The van der Waals surface area contributed by atoms with Crippen molar-refractivity contribution in [1.29, 1.82) is 0 Å². The first-order valence-electron chi connectivity index (χ1n) is 6.61. The van der Waals surface area contributed by atoms with Crippen LogP contribution in [0.5, 0.6) is 0 Å². The van der Waals surface area contributed by atoms with E-state index in [1.54, 1.807) is 12.3 Å². The van der Waals surface area contributed by atoms with Gasteiger partial charge in [-0.1, -0.05) is 11.8 Å². The third kappa shape index (κ3) is 6.32. The maximum Gasteiger partial charge on any atom is 0.252 e. The lowest BCUT2D eigenvalue weighted by Crippen LogP contribution is -2.25. The van der Waals surface area contributed by atoms with Crippen molar-refractivity contribution in [2.75, 3.05) is 33.8 Å². The van der Waals surface area contributed by atoms with E-state index in [9.17, 15) is 4.79 Å². The van der Waals surface area contributed by atoms with Crippen LogP contribution in [0.2, 0.25) is 0 Å². The molecule has 0 atom stereocenters. The highest BCUT2D eigenvalue weighted by molar-refractivity contribution is 5.94. The summed E-state index contributed by atoms with van der Waals surface area (Å²) >= 11 is 0. The van der Waals surface area contributed by atoms with Crippen LogP contribution in [0.25, 0.3) is 0 Å². The van der Waals surface area contributed by atoms with Gasteiger partial charge in [0.2, 0.25) is 0 Å². The van der Waals surface area contributed by atoms with Crippen LogP contribution in [0.15, 0.2) is 18.5 Å². The molecule has 0 aliphatic carbocycles. The Balaban J connectivity index is 2.43. The molecule has 1 amide bonds. The highest BCUT2D eigenvalue weighted by atomic mass is 16.2. The van der Waals surface area contributed by atoms with Crippen LogP contribution in [-0.2, 0) is 0 Å². The van der Waals surface area contributed by atoms with Crippen LogP contribution >= 0.6 is 0 Å². The Kier molecular flexibility index (Phi) is 7.33. The normalized spacial score (nSPS) is 10.0. The van der Waals surface area contributed by atoms with Gasteiger partial charge < -0.3 is 15.3 Å². The number of nitrogens with zero attached hydrogens (tertiary/aromatic N) is 2. The molecular formula is C15H21N3O2. The van der Waals surface area contributed by atoms with Gasteiger partial charge in [-0.15, -0.1) is 0 Å². The van der Waals surface area contributed by atoms with Gasteiger partial charge in [0.15, 0.2) is 0 Å². The van der Waals surface area contributed by atoms with E-state index in [2.05, 4.69) is 27.0 Å². The minimum absolute atomic E-state index is 0.144. The average molecular weight is 275 g/mol. The zero-order valence-corrected chi connectivity index (χ0v) is 12.0. The van der Waals surface area contributed by atoms with E-state index in [-0.39, 0.29) is 12.5 Å². The number of rotatable bonds is 6. The first-order chi connectivity index (χ1) is 9.63. The summed E-state index contributed by atoms with van der Waals surface area (Å²) in [4.78, 5) is 18.0. The number of carbonyl (C=O) groups excluding carboxylic acids is 1. The van der Waals surface area contributed by atoms with Gasteiger partial charge in [0, 0.05) is 24.5 Å². The molecule has 2 N–H and O–H groups in total. The van der Waals surface area contributed by atoms with Crippen molar-refractivity contribution in [2.45, 2.75) is 12.8 Å². The van der Waals surface area contributed by atoms with E-state index < -0.39 is 0 Å². The van der Waals surface area contributed by atoms with Crippen molar-refractivity contribution in [3.05, 3.63) is 29.6 Å². The number of pyridine rings is 1. The molecule has 0 aliphatic heterocycles. The number of carbonyl (C=O) groups is 1. The SMILES string of the molecule is CN(C)CCCCNC(=O)c1cncc(C#CCO)c1. The van der Waals surface area contributed by atoms with Gasteiger partial charge in [0.05, 0.1) is 5.56 Å². The van der Waals surface area contributed by atoms with Gasteiger partial charge in [0.25, 0.3) is 5.91 Å². The lowest BCUT2D eigenvalue weighted by atomic mass is 10.2. The topological polar surface area (TPSA) is 65.5 Å². The van der Waals surface area contributed by atoms with Crippen molar-refractivity contribution < 1.29 is 9.90 Å².